The van der Waals surface area contributed by atoms with E-state index in [1.54, 1.807) is 18.2 Å². The van der Waals surface area contributed by atoms with E-state index in [-0.39, 0.29) is 17.6 Å². The van der Waals surface area contributed by atoms with Crippen LogP contribution in [0.4, 0.5) is 15.9 Å². The lowest BCUT2D eigenvalue weighted by molar-refractivity contribution is -0.117. The highest BCUT2D eigenvalue weighted by atomic mass is 19.1. The lowest BCUT2D eigenvalue weighted by Gasteiger charge is -2.09. The van der Waals surface area contributed by atoms with Gasteiger partial charge in [-0.15, -0.1) is 0 Å². The molecule has 0 radical (unpaired) electrons. The number of anilines is 2. The van der Waals surface area contributed by atoms with Gasteiger partial charge < -0.3 is 15.8 Å². The lowest BCUT2D eigenvalue weighted by atomic mass is 10.3. The van der Waals surface area contributed by atoms with Crippen molar-refractivity contribution in [2.45, 2.75) is 12.8 Å². The number of benzene rings is 1. The van der Waals surface area contributed by atoms with Gasteiger partial charge in [-0.1, -0.05) is 0 Å². The van der Waals surface area contributed by atoms with Crippen molar-refractivity contribution in [3.63, 3.8) is 0 Å². The zero-order valence-electron chi connectivity index (χ0n) is 11.2. The first-order valence-electron chi connectivity index (χ1n) is 6.61. The van der Waals surface area contributed by atoms with Gasteiger partial charge in [0, 0.05) is 29.9 Å². The van der Waals surface area contributed by atoms with Crippen LogP contribution in [0.3, 0.4) is 0 Å². The number of pyridine rings is 1. The molecule has 1 heterocycles. The molecule has 5 nitrogen and oxygen atoms in total. The molecule has 2 aromatic rings. The van der Waals surface area contributed by atoms with Gasteiger partial charge >= 0.3 is 0 Å². The standard InChI is InChI=1S/C15H14FN3O2/c16-12-7-10(17)3-4-13(12)21-11-5-6-18-14(8-11)19-15(20)9-1-2-9/h3-9H,1-2,17H2,(H,18,19,20). The van der Waals surface area contributed by atoms with Gasteiger partial charge in [0.15, 0.2) is 11.6 Å². The van der Waals surface area contributed by atoms with Crippen molar-refractivity contribution >= 4 is 17.4 Å². The Morgan fingerprint density at radius 2 is 2.14 bits per heavy atom. The molecular weight excluding hydrogens is 273 g/mol. The van der Waals surface area contributed by atoms with Crippen molar-refractivity contribution in [1.82, 2.24) is 4.98 Å². The fourth-order valence-corrected chi connectivity index (χ4v) is 1.84. The molecule has 1 amide bonds. The van der Waals surface area contributed by atoms with Crippen molar-refractivity contribution in [2.24, 2.45) is 5.92 Å². The van der Waals surface area contributed by atoms with E-state index in [4.69, 9.17) is 10.5 Å². The topological polar surface area (TPSA) is 77.2 Å². The molecule has 0 aliphatic heterocycles. The van der Waals surface area contributed by atoms with Crippen LogP contribution in [-0.2, 0) is 4.79 Å². The quantitative estimate of drug-likeness (QED) is 0.847. The summed E-state index contributed by atoms with van der Waals surface area (Å²) in [6, 6.07) is 7.33. The Morgan fingerprint density at radius 3 is 2.86 bits per heavy atom. The second kappa shape index (κ2) is 5.40. The van der Waals surface area contributed by atoms with E-state index in [0.717, 1.165) is 12.8 Å². The predicted molar refractivity (Wildman–Crippen MR) is 76.5 cm³/mol. The van der Waals surface area contributed by atoms with Gasteiger partial charge in [-0.05, 0) is 31.0 Å². The van der Waals surface area contributed by atoms with Crippen molar-refractivity contribution in [1.29, 1.82) is 0 Å². The Bertz CT molecular complexity index is 686. The van der Waals surface area contributed by atoms with E-state index in [0.29, 0.717) is 17.3 Å². The molecule has 1 aliphatic rings. The molecule has 0 unspecified atom stereocenters. The highest BCUT2D eigenvalue weighted by Crippen LogP contribution is 2.31. The number of carbonyl (C=O) groups is 1. The van der Waals surface area contributed by atoms with Crippen LogP contribution < -0.4 is 15.8 Å². The van der Waals surface area contributed by atoms with Crippen molar-refractivity contribution in [3.8, 4) is 11.5 Å². The summed E-state index contributed by atoms with van der Waals surface area (Å²) >= 11 is 0. The van der Waals surface area contributed by atoms with E-state index in [1.807, 2.05) is 0 Å². The van der Waals surface area contributed by atoms with Crippen LogP contribution >= 0.6 is 0 Å². The van der Waals surface area contributed by atoms with Crippen LogP contribution in [0.5, 0.6) is 11.5 Å². The number of hydrogen-bond donors (Lipinski definition) is 2. The smallest absolute Gasteiger partial charge is 0.228 e. The van der Waals surface area contributed by atoms with Crippen molar-refractivity contribution in [3.05, 3.63) is 42.3 Å². The highest BCUT2D eigenvalue weighted by Gasteiger charge is 2.29. The van der Waals surface area contributed by atoms with E-state index in [2.05, 4.69) is 10.3 Å². The molecule has 0 bridgehead atoms. The second-order valence-corrected chi connectivity index (χ2v) is 4.93. The monoisotopic (exact) mass is 287 g/mol. The molecule has 6 heteroatoms. The summed E-state index contributed by atoms with van der Waals surface area (Å²) in [5.74, 6) is 0.342. The Kier molecular flexibility index (Phi) is 3.43. The highest BCUT2D eigenvalue weighted by molar-refractivity contribution is 5.93. The molecule has 1 saturated carbocycles. The van der Waals surface area contributed by atoms with Gasteiger partial charge in [0.1, 0.15) is 11.6 Å². The summed E-state index contributed by atoms with van der Waals surface area (Å²) in [5, 5.41) is 2.71. The number of rotatable bonds is 4. The Hall–Kier alpha value is -2.63. The molecule has 108 valence electrons. The predicted octanol–water partition coefficient (Wildman–Crippen LogP) is 2.94. The van der Waals surface area contributed by atoms with Gasteiger partial charge in [-0.25, -0.2) is 9.37 Å². The third-order valence-electron chi connectivity index (χ3n) is 3.11. The first-order valence-corrected chi connectivity index (χ1v) is 6.61. The molecule has 21 heavy (non-hydrogen) atoms. The number of ether oxygens (including phenoxy) is 1. The van der Waals surface area contributed by atoms with E-state index in [1.165, 1.54) is 18.3 Å². The lowest BCUT2D eigenvalue weighted by Crippen LogP contribution is -2.14. The van der Waals surface area contributed by atoms with Crippen LogP contribution in [0.2, 0.25) is 0 Å². The summed E-state index contributed by atoms with van der Waals surface area (Å²) in [7, 11) is 0. The average molecular weight is 287 g/mol. The third kappa shape index (κ3) is 3.28. The first-order chi connectivity index (χ1) is 10.1. The molecule has 3 rings (SSSR count). The normalized spacial score (nSPS) is 13.8. The van der Waals surface area contributed by atoms with Gasteiger partial charge in [-0.3, -0.25) is 4.79 Å². The van der Waals surface area contributed by atoms with Gasteiger partial charge in [0.2, 0.25) is 5.91 Å². The average Bonchev–Trinajstić information content (AvgIpc) is 3.27. The SMILES string of the molecule is Nc1ccc(Oc2ccnc(NC(=O)C3CC3)c2)c(F)c1. The zero-order chi connectivity index (χ0) is 14.8. The molecule has 0 spiro atoms. The molecule has 1 aromatic carbocycles. The summed E-state index contributed by atoms with van der Waals surface area (Å²) in [4.78, 5) is 15.7. The van der Waals surface area contributed by atoms with Crippen LogP contribution in [0.15, 0.2) is 36.5 Å². The zero-order valence-corrected chi connectivity index (χ0v) is 11.2. The van der Waals surface area contributed by atoms with Crippen LogP contribution in [-0.4, -0.2) is 10.9 Å². The maximum Gasteiger partial charge on any atom is 0.228 e. The molecule has 0 atom stereocenters. The third-order valence-corrected chi connectivity index (χ3v) is 3.11. The number of nitrogens with zero attached hydrogens (tertiary/aromatic N) is 1. The number of nitrogens with two attached hydrogens (primary N) is 1. The number of nitrogens with one attached hydrogen (secondary N) is 1. The first kappa shape index (κ1) is 13.4. The van der Waals surface area contributed by atoms with Crippen LogP contribution in [0, 0.1) is 11.7 Å². The Labute approximate surface area is 120 Å². The van der Waals surface area contributed by atoms with Gasteiger partial charge in [0.25, 0.3) is 0 Å². The van der Waals surface area contributed by atoms with Gasteiger partial charge in [-0.2, -0.15) is 0 Å². The fraction of sp³-hybridized carbons (Fsp3) is 0.200. The minimum atomic E-state index is -0.546. The summed E-state index contributed by atoms with van der Waals surface area (Å²) in [5.41, 5.74) is 5.81. The molecule has 1 fully saturated rings. The van der Waals surface area contributed by atoms with E-state index < -0.39 is 5.82 Å². The summed E-state index contributed by atoms with van der Waals surface area (Å²) in [6.07, 6.45) is 3.32. The van der Waals surface area contributed by atoms with Crippen LogP contribution in [0.25, 0.3) is 0 Å². The molecule has 0 saturated heterocycles. The van der Waals surface area contributed by atoms with E-state index in [9.17, 15) is 9.18 Å². The molecule has 1 aliphatic carbocycles. The number of nitrogen functional groups attached to an aromatic ring is 1. The number of aromatic nitrogens is 1. The van der Waals surface area contributed by atoms with Crippen molar-refractivity contribution in [2.75, 3.05) is 11.1 Å². The molecular formula is C15H14FN3O2. The minimum Gasteiger partial charge on any atom is -0.454 e. The second-order valence-electron chi connectivity index (χ2n) is 4.93. The number of amides is 1. The Morgan fingerprint density at radius 1 is 1.33 bits per heavy atom. The van der Waals surface area contributed by atoms with Crippen molar-refractivity contribution < 1.29 is 13.9 Å². The molecule has 1 aromatic heterocycles. The van der Waals surface area contributed by atoms with Crippen LogP contribution in [0.1, 0.15) is 12.8 Å². The number of carbonyl (C=O) groups excluding carboxylic acids is 1. The Balaban J connectivity index is 1.74. The maximum atomic E-state index is 13.7. The summed E-state index contributed by atoms with van der Waals surface area (Å²) in [6.45, 7) is 0. The minimum absolute atomic E-state index is 0.0432. The molecule has 3 N–H and O–H groups in total. The summed E-state index contributed by atoms with van der Waals surface area (Å²) < 4.78 is 19.1. The van der Waals surface area contributed by atoms with E-state index >= 15 is 0 Å². The maximum absolute atomic E-state index is 13.7. The number of halogens is 1. The van der Waals surface area contributed by atoms with Gasteiger partial charge in [0.05, 0.1) is 0 Å². The number of hydrogen-bond acceptors (Lipinski definition) is 4. The largest absolute Gasteiger partial charge is 0.454 e. The fourth-order valence-electron chi connectivity index (χ4n) is 1.84.